The number of benzene rings is 2. The summed E-state index contributed by atoms with van der Waals surface area (Å²) in [5.41, 5.74) is 0.404. The van der Waals surface area contributed by atoms with Gasteiger partial charge in [0.15, 0.2) is 5.75 Å². The highest BCUT2D eigenvalue weighted by atomic mass is 32.2. The second-order valence-corrected chi connectivity index (χ2v) is 7.58. The lowest BCUT2D eigenvalue weighted by molar-refractivity contribution is -0.386. The summed E-state index contributed by atoms with van der Waals surface area (Å²) >= 11 is 0. The van der Waals surface area contributed by atoms with Gasteiger partial charge >= 0.3 is 5.69 Å². The fraction of sp³-hybridized carbons (Fsp3) is 0.235. The lowest BCUT2D eigenvalue weighted by Gasteiger charge is -2.17. The summed E-state index contributed by atoms with van der Waals surface area (Å²) in [6.45, 7) is 0.583. The fourth-order valence-electron chi connectivity index (χ4n) is 2.85. The van der Waals surface area contributed by atoms with Crippen LogP contribution in [0.4, 0.5) is 17.1 Å². The van der Waals surface area contributed by atoms with Gasteiger partial charge in [-0.05, 0) is 36.8 Å². The van der Waals surface area contributed by atoms with Crippen molar-refractivity contribution in [3.63, 3.8) is 0 Å². The second kappa shape index (κ2) is 7.23. The number of nitrogens with zero attached hydrogens (tertiary/aromatic N) is 2. The van der Waals surface area contributed by atoms with Gasteiger partial charge < -0.3 is 9.64 Å². The molecule has 0 bridgehead atoms. The molecule has 1 amide bonds. The number of sulfonamides is 1. The van der Waals surface area contributed by atoms with Crippen molar-refractivity contribution in [3.05, 3.63) is 52.6 Å². The summed E-state index contributed by atoms with van der Waals surface area (Å²) in [5.74, 6) is -0.0470. The predicted octanol–water partition coefficient (Wildman–Crippen LogP) is 2.53. The van der Waals surface area contributed by atoms with E-state index in [1.54, 1.807) is 29.2 Å². The summed E-state index contributed by atoms with van der Waals surface area (Å²) in [5, 5.41) is 11.1. The fourth-order valence-corrected chi connectivity index (χ4v) is 3.92. The Hall–Kier alpha value is -3.14. The molecule has 1 fully saturated rings. The van der Waals surface area contributed by atoms with Crippen LogP contribution >= 0.6 is 0 Å². The molecule has 27 heavy (non-hydrogen) atoms. The van der Waals surface area contributed by atoms with Gasteiger partial charge in [-0.3, -0.25) is 19.6 Å². The maximum Gasteiger partial charge on any atom is 0.312 e. The summed E-state index contributed by atoms with van der Waals surface area (Å²) in [7, 11) is -2.80. The average molecular weight is 391 g/mol. The van der Waals surface area contributed by atoms with E-state index in [0.29, 0.717) is 18.7 Å². The first-order chi connectivity index (χ1) is 12.8. The molecule has 1 aliphatic heterocycles. The smallest absolute Gasteiger partial charge is 0.312 e. The van der Waals surface area contributed by atoms with Gasteiger partial charge in [0.2, 0.25) is 5.91 Å². The summed E-state index contributed by atoms with van der Waals surface area (Å²) < 4.78 is 32.5. The first-order valence-electron chi connectivity index (χ1n) is 8.07. The Bertz CT molecular complexity index is 1010. The first-order valence-corrected chi connectivity index (χ1v) is 9.56. The zero-order valence-corrected chi connectivity index (χ0v) is 15.2. The molecule has 3 rings (SSSR count). The van der Waals surface area contributed by atoms with Crippen molar-refractivity contribution in [2.24, 2.45) is 0 Å². The van der Waals surface area contributed by atoms with E-state index in [0.717, 1.165) is 12.5 Å². The molecule has 0 saturated carbocycles. The maximum absolute atomic E-state index is 12.6. The molecule has 9 nitrogen and oxygen atoms in total. The van der Waals surface area contributed by atoms with Crippen LogP contribution in [0.5, 0.6) is 5.75 Å². The zero-order valence-electron chi connectivity index (χ0n) is 14.4. The molecule has 0 aliphatic carbocycles. The Morgan fingerprint density at radius 2 is 2.00 bits per heavy atom. The van der Waals surface area contributed by atoms with Crippen LogP contribution in [0, 0.1) is 10.1 Å². The molecule has 142 valence electrons. The molecular weight excluding hydrogens is 374 g/mol. The molecule has 0 unspecified atom stereocenters. The van der Waals surface area contributed by atoms with Gasteiger partial charge in [-0.1, -0.05) is 6.07 Å². The van der Waals surface area contributed by atoms with Crippen LogP contribution in [0.15, 0.2) is 47.4 Å². The van der Waals surface area contributed by atoms with E-state index in [2.05, 4.69) is 4.72 Å². The third-order valence-electron chi connectivity index (χ3n) is 4.14. The van der Waals surface area contributed by atoms with E-state index >= 15 is 0 Å². The van der Waals surface area contributed by atoms with E-state index in [1.165, 1.54) is 19.2 Å². The van der Waals surface area contributed by atoms with E-state index in [-0.39, 0.29) is 22.2 Å². The molecule has 1 N–H and O–H groups in total. The Morgan fingerprint density at radius 3 is 2.63 bits per heavy atom. The van der Waals surface area contributed by atoms with Crippen molar-refractivity contribution in [1.29, 1.82) is 0 Å². The number of nitrogens with one attached hydrogen (secondary N) is 1. The van der Waals surface area contributed by atoms with Crippen LogP contribution in [-0.4, -0.2) is 32.9 Å². The highest BCUT2D eigenvalue weighted by Crippen LogP contribution is 2.31. The van der Waals surface area contributed by atoms with E-state index in [9.17, 15) is 23.3 Å². The number of rotatable bonds is 6. The van der Waals surface area contributed by atoms with E-state index in [4.69, 9.17) is 4.74 Å². The lowest BCUT2D eigenvalue weighted by Crippen LogP contribution is -2.23. The lowest BCUT2D eigenvalue weighted by atomic mass is 10.2. The van der Waals surface area contributed by atoms with Gasteiger partial charge in [-0.2, -0.15) is 0 Å². The molecule has 1 heterocycles. The number of ether oxygens (including phenoxy) is 1. The molecule has 1 saturated heterocycles. The summed E-state index contributed by atoms with van der Waals surface area (Å²) in [4.78, 5) is 23.6. The van der Waals surface area contributed by atoms with Crippen LogP contribution < -0.4 is 14.4 Å². The molecule has 1 aliphatic rings. The van der Waals surface area contributed by atoms with Gasteiger partial charge in [0.1, 0.15) is 0 Å². The van der Waals surface area contributed by atoms with Crippen LogP contribution in [0.2, 0.25) is 0 Å². The zero-order chi connectivity index (χ0) is 19.6. The standard InChI is InChI=1S/C17H17N3O6S/c1-26-16-8-7-14(11-15(16)20(22)23)27(24,25)18-12-4-2-5-13(10-12)19-9-3-6-17(19)21/h2,4-5,7-8,10-11,18H,3,6,9H2,1H3. The van der Waals surface area contributed by atoms with Crippen molar-refractivity contribution in [1.82, 2.24) is 0 Å². The minimum absolute atomic E-state index is 0.0132. The minimum atomic E-state index is -4.06. The number of hydrogen-bond donors (Lipinski definition) is 1. The molecule has 0 spiro atoms. The number of amides is 1. The normalized spacial score (nSPS) is 14.3. The summed E-state index contributed by atoms with van der Waals surface area (Å²) in [6.07, 6.45) is 1.22. The van der Waals surface area contributed by atoms with Gasteiger partial charge in [0.05, 0.1) is 22.6 Å². The Kier molecular flexibility index (Phi) is 5.00. The molecule has 10 heteroatoms. The average Bonchev–Trinajstić information content (AvgIpc) is 3.07. The predicted molar refractivity (Wildman–Crippen MR) is 98.5 cm³/mol. The maximum atomic E-state index is 12.6. The number of nitro benzene ring substituents is 1. The van der Waals surface area contributed by atoms with Crippen molar-refractivity contribution < 1.29 is 22.9 Å². The number of carbonyl (C=O) groups is 1. The third-order valence-corrected chi connectivity index (χ3v) is 5.52. The Balaban J connectivity index is 1.90. The second-order valence-electron chi connectivity index (χ2n) is 5.90. The molecule has 0 radical (unpaired) electrons. The van der Waals surface area contributed by atoms with Crippen molar-refractivity contribution in [2.75, 3.05) is 23.3 Å². The third kappa shape index (κ3) is 3.85. The quantitative estimate of drug-likeness (QED) is 0.597. The topological polar surface area (TPSA) is 119 Å². The highest BCUT2D eigenvalue weighted by molar-refractivity contribution is 7.92. The van der Waals surface area contributed by atoms with Gasteiger partial charge in [-0.25, -0.2) is 8.42 Å². The molecular formula is C17H17N3O6S. The Morgan fingerprint density at radius 1 is 1.22 bits per heavy atom. The molecule has 0 aromatic heterocycles. The SMILES string of the molecule is COc1ccc(S(=O)(=O)Nc2cccc(N3CCCC3=O)c2)cc1[N+](=O)[O-]. The number of hydrogen-bond acceptors (Lipinski definition) is 6. The number of carbonyl (C=O) groups excluding carboxylic acids is 1. The van der Waals surface area contributed by atoms with Gasteiger partial charge in [0, 0.05) is 24.7 Å². The largest absolute Gasteiger partial charge is 0.490 e. The van der Waals surface area contributed by atoms with Crippen LogP contribution in [0.25, 0.3) is 0 Å². The summed E-state index contributed by atoms with van der Waals surface area (Å²) in [6, 6.07) is 9.84. The molecule has 2 aromatic carbocycles. The van der Waals surface area contributed by atoms with Crippen molar-refractivity contribution in [3.8, 4) is 5.75 Å². The van der Waals surface area contributed by atoms with Crippen LogP contribution in [-0.2, 0) is 14.8 Å². The van der Waals surface area contributed by atoms with Gasteiger partial charge in [0.25, 0.3) is 10.0 Å². The number of anilines is 2. The molecule has 2 aromatic rings. The number of methoxy groups -OCH3 is 1. The van der Waals surface area contributed by atoms with Crippen molar-refractivity contribution in [2.45, 2.75) is 17.7 Å². The Labute approximate surface area is 155 Å². The van der Waals surface area contributed by atoms with Crippen LogP contribution in [0.3, 0.4) is 0 Å². The first kappa shape index (κ1) is 18.6. The van der Waals surface area contributed by atoms with Crippen LogP contribution in [0.1, 0.15) is 12.8 Å². The van der Waals surface area contributed by atoms with Gasteiger partial charge in [-0.15, -0.1) is 0 Å². The van der Waals surface area contributed by atoms with Crippen molar-refractivity contribution >= 4 is 33.0 Å². The molecule has 0 atom stereocenters. The highest BCUT2D eigenvalue weighted by Gasteiger charge is 2.24. The monoisotopic (exact) mass is 391 g/mol. The van der Waals surface area contributed by atoms with E-state index < -0.39 is 20.6 Å². The van der Waals surface area contributed by atoms with E-state index in [1.807, 2.05) is 0 Å². The minimum Gasteiger partial charge on any atom is -0.490 e. The number of nitro groups is 1.